The SMILES string of the molecule is Cc1nn(C)c2c1C(c1ccccc1Br)CC(=O)N2. The van der Waals surface area contributed by atoms with E-state index in [0.717, 1.165) is 27.1 Å². The van der Waals surface area contributed by atoms with Crippen LogP contribution in [0, 0.1) is 6.92 Å². The normalized spacial score (nSPS) is 18.1. The molecule has 3 rings (SSSR count). The predicted molar refractivity (Wildman–Crippen MR) is 77.2 cm³/mol. The molecule has 2 heterocycles. The number of anilines is 1. The van der Waals surface area contributed by atoms with Crippen LogP contribution < -0.4 is 5.32 Å². The van der Waals surface area contributed by atoms with E-state index in [9.17, 15) is 4.79 Å². The smallest absolute Gasteiger partial charge is 0.226 e. The topological polar surface area (TPSA) is 46.9 Å². The average molecular weight is 320 g/mol. The molecule has 19 heavy (non-hydrogen) atoms. The first kappa shape index (κ1) is 12.4. The van der Waals surface area contributed by atoms with Crippen molar-refractivity contribution in [2.45, 2.75) is 19.3 Å². The summed E-state index contributed by atoms with van der Waals surface area (Å²) >= 11 is 3.58. The third-order valence-corrected chi connectivity index (χ3v) is 4.27. The number of halogens is 1. The van der Waals surface area contributed by atoms with Crippen LogP contribution in [0.4, 0.5) is 5.82 Å². The fraction of sp³-hybridized carbons (Fsp3) is 0.286. The molecule has 1 amide bonds. The monoisotopic (exact) mass is 319 g/mol. The fourth-order valence-electron chi connectivity index (χ4n) is 2.73. The first-order valence-corrected chi connectivity index (χ1v) is 6.95. The van der Waals surface area contributed by atoms with E-state index in [2.05, 4.69) is 32.4 Å². The quantitative estimate of drug-likeness (QED) is 0.878. The summed E-state index contributed by atoms with van der Waals surface area (Å²) in [6.45, 7) is 1.99. The van der Waals surface area contributed by atoms with Gasteiger partial charge in [0.2, 0.25) is 5.91 Å². The molecule has 0 fully saturated rings. The molecule has 1 aromatic carbocycles. The van der Waals surface area contributed by atoms with Crippen LogP contribution in [0.1, 0.15) is 29.2 Å². The average Bonchev–Trinajstić information content (AvgIpc) is 2.65. The molecular formula is C14H14BrN3O. The molecule has 0 spiro atoms. The highest BCUT2D eigenvalue weighted by molar-refractivity contribution is 9.10. The number of aryl methyl sites for hydroxylation is 2. The van der Waals surface area contributed by atoms with Crippen LogP contribution in [0.25, 0.3) is 0 Å². The Bertz CT molecular complexity index is 663. The molecule has 1 aliphatic rings. The summed E-state index contributed by atoms with van der Waals surface area (Å²) in [5.41, 5.74) is 3.22. The Morgan fingerprint density at radius 2 is 2.16 bits per heavy atom. The molecule has 0 radical (unpaired) electrons. The van der Waals surface area contributed by atoms with Gasteiger partial charge in [0, 0.05) is 29.4 Å². The van der Waals surface area contributed by atoms with E-state index in [0.29, 0.717) is 6.42 Å². The molecule has 1 unspecified atom stereocenters. The molecule has 1 atom stereocenters. The van der Waals surface area contributed by atoms with E-state index in [1.807, 2.05) is 32.2 Å². The van der Waals surface area contributed by atoms with Crippen molar-refractivity contribution < 1.29 is 4.79 Å². The van der Waals surface area contributed by atoms with Crippen molar-refractivity contribution in [1.82, 2.24) is 9.78 Å². The molecule has 5 heteroatoms. The lowest BCUT2D eigenvalue weighted by molar-refractivity contribution is -0.116. The number of amides is 1. The van der Waals surface area contributed by atoms with Gasteiger partial charge in [0.1, 0.15) is 5.82 Å². The minimum Gasteiger partial charge on any atom is -0.311 e. The van der Waals surface area contributed by atoms with Gasteiger partial charge in [0.25, 0.3) is 0 Å². The standard InChI is InChI=1S/C14H14BrN3O/c1-8-13-10(9-5-3-4-6-11(9)15)7-12(19)16-14(13)18(2)17-8/h3-6,10H,7H2,1-2H3,(H,16,19). The number of carbonyl (C=O) groups excluding carboxylic acids is 1. The van der Waals surface area contributed by atoms with Gasteiger partial charge < -0.3 is 5.32 Å². The van der Waals surface area contributed by atoms with E-state index >= 15 is 0 Å². The molecule has 1 aliphatic heterocycles. The van der Waals surface area contributed by atoms with Gasteiger partial charge in [0.05, 0.1) is 5.69 Å². The van der Waals surface area contributed by atoms with Crippen molar-refractivity contribution in [2.75, 3.05) is 5.32 Å². The highest BCUT2D eigenvalue weighted by Crippen LogP contribution is 2.41. The second-order valence-corrected chi connectivity index (χ2v) is 5.65. The number of hydrogen-bond donors (Lipinski definition) is 1. The summed E-state index contributed by atoms with van der Waals surface area (Å²) in [5, 5.41) is 7.33. The van der Waals surface area contributed by atoms with E-state index in [1.165, 1.54) is 0 Å². The first-order valence-electron chi connectivity index (χ1n) is 6.15. The maximum absolute atomic E-state index is 11.9. The lowest BCUT2D eigenvalue weighted by Crippen LogP contribution is -2.24. The van der Waals surface area contributed by atoms with E-state index in [-0.39, 0.29) is 11.8 Å². The highest BCUT2D eigenvalue weighted by atomic mass is 79.9. The number of benzene rings is 1. The van der Waals surface area contributed by atoms with Gasteiger partial charge in [-0.15, -0.1) is 0 Å². The van der Waals surface area contributed by atoms with E-state index in [4.69, 9.17) is 0 Å². The van der Waals surface area contributed by atoms with Gasteiger partial charge in [-0.3, -0.25) is 9.48 Å². The van der Waals surface area contributed by atoms with Gasteiger partial charge >= 0.3 is 0 Å². The Balaban J connectivity index is 2.19. The summed E-state index contributed by atoms with van der Waals surface area (Å²) in [6.07, 6.45) is 0.460. The van der Waals surface area contributed by atoms with Gasteiger partial charge in [-0.1, -0.05) is 34.1 Å². The molecule has 0 saturated heterocycles. The maximum atomic E-state index is 11.9. The predicted octanol–water partition coefficient (Wildman–Crippen LogP) is 2.97. The van der Waals surface area contributed by atoms with Crippen LogP contribution in [0.2, 0.25) is 0 Å². The highest BCUT2D eigenvalue weighted by Gasteiger charge is 2.32. The van der Waals surface area contributed by atoms with Crippen LogP contribution in [0.3, 0.4) is 0 Å². The van der Waals surface area contributed by atoms with Gasteiger partial charge in [-0.2, -0.15) is 5.10 Å². The summed E-state index contributed by atoms with van der Waals surface area (Å²) in [4.78, 5) is 11.9. The largest absolute Gasteiger partial charge is 0.311 e. The van der Waals surface area contributed by atoms with Crippen LogP contribution in [0.15, 0.2) is 28.7 Å². The van der Waals surface area contributed by atoms with Gasteiger partial charge in [0.15, 0.2) is 0 Å². The Morgan fingerprint density at radius 1 is 1.42 bits per heavy atom. The number of hydrogen-bond acceptors (Lipinski definition) is 2. The zero-order valence-electron chi connectivity index (χ0n) is 10.8. The molecule has 1 aromatic heterocycles. The van der Waals surface area contributed by atoms with Crippen molar-refractivity contribution in [1.29, 1.82) is 0 Å². The molecule has 0 aliphatic carbocycles. The Kier molecular flexibility index (Phi) is 2.93. The summed E-state index contributed by atoms with van der Waals surface area (Å²) in [7, 11) is 1.86. The van der Waals surface area contributed by atoms with Crippen molar-refractivity contribution >= 4 is 27.7 Å². The zero-order valence-corrected chi connectivity index (χ0v) is 12.4. The van der Waals surface area contributed by atoms with Gasteiger partial charge in [-0.25, -0.2) is 0 Å². The third kappa shape index (κ3) is 1.98. The number of nitrogens with one attached hydrogen (secondary N) is 1. The van der Waals surface area contributed by atoms with E-state index < -0.39 is 0 Å². The third-order valence-electron chi connectivity index (χ3n) is 3.54. The number of aromatic nitrogens is 2. The maximum Gasteiger partial charge on any atom is 0.226 e. The molecule has 0 bridgehead atoms. The van der Waals surface area contributed by atoms with Crippen molar-refractivity contribution in [2.24, 2.45) is 7.05 Å². The Hall–Kier alpha value is -1.62. The second kappa shape index (κ2) is 4.49. The van der Waals surface area contributed by atoms with E-state index in [1.54, 1.807) is 4.68 Å². The van der Waals surface area contributed by atoms with Crippen molar-refractivity contribution in [3.8, 4) is 0 Å². The van der Waals surface area contributed by atoms with Crippen molar-refractivity contribution in [3.05, 3.63) is 45.6 Å². The van der Waals surface area contributed by atoms with Crippen molar-refractivity contribution in [3.63, 3.8) is 0 Å². The fourth-order valence-corrected chi connectivity index (χ4v) is 3.29. The molecule has 2 aromatic rings. The number of carbonyl (C=O) groups is 1. The number of rotatable bonds is 1. The molecule has 4 nitrogen and oxygen atoms in total. The molecule has 98 valence electrons. The second-order valence-electron chi connectivity index (χ2n) is 4.80. The number of nitrogens with zero attached hydrogens (tertiary/aromatic N) is 2. The first-order chi connectivity index (χ1) is 9.08. The Morgan fingerprint density at radius 3 is 2.89 bits per heavy atom. The van der Waals surface area contributed by atoms with Crippen LogP contribution in [-0.2, 0) is 11.8 Å². The summed E-state index contributed by atoms with van der Waals surface area (Å²) in [6, 6.07) is 8.04. The van der Waals surface area contributed by atoms with Gasteiger partial charge in [-0.05, 0) is 18.6 Å². The van der Waals surface area contributed by atoms with Crippen LogP contribution >= 0.6 is 15.9 Å². The number of fused-ring (bicyclic) bond motifs is 1. The zero-order chi connectivity index (χ0) is 13.6. The van der Waals surface area contributed by atoms with Crippen LogP contribution in [-0.4, -0.2) is 15.7 Å². The van der Waals surface area contributed by atoms with Crippen LogP contribution in [0.5, 0.6) is 0 Å². The summed E-state index contributed by atoms with van der Waals surface area (Å²) < 4.78 is 2.77. The summed E-state index contributed by atoms with van der Waals surface area (Å²) in [5.74, 6) is 0.916. The molecular weight excluding hydrogens is 306 g/mol. The minimum atomic E-state index is 0.0382. The lowest BCUT2D eigenvalue weighted by Gasteiger charge is -2.24. The minimum absolute atomic E-state index is 0.0382. The Labute approximate surface area is 119 Å². The molecule has 1 N–H and O–H groups in total. The molecule has 0 saturated carbocycles. The lowest BCUT2D eigenvalue weighted by atomic mass is 9.86.